The lowest BCUT2D eigenvalue weighted by Crippen LogP contribution is -3.13. The van der Waals surface area contributed by atoms with Crippen molar-refractivity contribution in [1.82, 2.24) is 4.90 Å². The third-order valence-corrected chi connectivity index (χ3v) is 4.47. The first-order chi connectivity index (χ1) is 12.2. The van der Waals surface area contributed by atoms with Gasteiger partial charge in [-0.05, 0) is 30.3 Å². The number of amides is 1. The molecule has 1 aromatic heterocycles. The third kappa shape index (κ3) is 4.93. The number of nitrogens with zero attached hydrogens (tertiary/aromatic N) is 1. The number of aromatic nitrogens is 1. The lowest BCUT2D eigenvalue weighted by Gasteiger charge is -2.32. The summed E-state index contributed by atoms with van der Waals surface area (Å²) in [5.41, 5.74) is 1.29. The van der Waals surface area contributed by atoms with Gasteiger partial charge in [0.05, 0.1) is 38.9 Å². The molecule has 0 radical (unpaired) electrons. The SMILES string of the molecule is COc1ccc(OCC(=O)N2CC[NH+](Cc3ccc[nH+]c3)CC2)cc1. The topological polar surface area (TPSA) is 57.4 Å². The second kappa shape index (κ2) is 8.48. The van der Waals surface area contributed by atoms with Gasteiger partial charge >= 0.3 is 0 Å². The van der Waals surface area contributed by atoms with Crippen molar-refractivity contribution >= 4 is 5.91 Å². The zero-order valence-electron chi connectivity index (χ0n) is 14.5. The Morgan fingerprint density at radius 1 is 1.16 bits per heavy atom. The fourth-order valence-corrected chi connectivity index (χ4v) is 2.99. The molecule has 132 valence electrons. The molecule has 0 spiro atoms. The first-order valence-electron chi connectivity index (χ1n) is 8.58. The van der Waals surface area contributed by atoms with Crippen molar-refractivity contribution in [1.29, 1.82) is 0 Å². The Balaban J connectivity index is 1.41. The standard InChI is InChI=1S/C19H23N3O3/c1-24-17-4-6-18(7-5-17)25-15-19(23)22-11-9-21(10-12-22)14-16-3-2-8-20-13-16/h2-8,13H,9-12,14-15H2,1H3/p+2. The number of methoxy groups -OCH3 is 1. The Morgan fingerprint density at radius 2 is 1.88 bits per heavy atom. The van der Waals surface area contributed by atoms with Crippen molar-refractivity contribution < 1.29 is 24.2 Å². The van der Waals surface area contributed by atoms with Crippen LogP contribution in [0.3, 0.4) is 0 Å². The minimum Gasteiger partial charge on any atom is -0.497 e. The van der Waals surface area contributed by atoms with Crippen molar-refractivity contribution in [2.75, 3.05) is 39.9 Å². The monoisotopic (exact) mass is 343 g/mol. The van der Waals surface area contributed by atoms with Crippen molar-refractivity contribution in [3.63, 3.8) is 0 Å². The molecule has 6 heteroatoms. The van der Waals surface area contributed by atoms with Gasteiger partial charge in [-0.3, -0.25) is 4.79 Å². The van der Waals surface area contributed by atoms with E-state index in [1.54, 1.807) is 7.11 Å². The van der Waals surface area contributed by atoms with E-state index in [2.05, 4.69) is 11.1 Å². The minimum absolute atomic E-state index is 0.0444. The lowest BCUT2D eigenvalue weighted by atomic mass is 10.2. The van der Waals surface area contributed by atoms with Gasteiger partial charge in [0.15, 0.2) is 19.0 Å². The predicted octanol–water partition coefficient (Wildman–Crippen LogP) is -0.185. The van der Waals surface area contributed by atoms with Gasteiger partial charge in [-0.2, -0.15) is 0 Å². The Hall–Kier alpha value is -2.60. The van der Waals surface area contributed by atoms with Gasteiger partial charge in [-0.25, -0.2) is 4.98 Å². The maximum absolute atomic E-state index is 12.3. The molecular weight excluding hydrogens is 318 g/mol. The van der Waals surface area contributed by atoms with E-state index in [1.807, 2.05) is 47.6 Å². The highest BCUT2D eigenvalue weighted by Gasteiger charge is 2.24. The van der Waals surface area contributed by atoms with Crippen LogP contribution in [0.2, 0.25) is 0 Å². The van der Waals surface area contributed by atoms with Crippen molar-refractivity contribution in [3.05, 3.63) is 54.4 Å². The average molecular weight is 343 g/mol. The molecule has 1 amide bonds. The van der Waals surface area contributed by atoms with E-state index in [9.17, 15) is 4.79 Å². The highest BCUT2D eigenvalue weighted by Crippen LogP contribution is 2.16. The molecule has 1 fully saturated rings. The molecule has 0 aliphatic carbocycles. The zero-order valence-corrected chi connectivity index (χ0v) is 14.5. The van der Waals surface area contributed by atoms with Crippen LogP contribution in [-0.4, -0.2) is 50.7 Å². The van der Waals surface area contributed by atoms with Gasteiger partial charge in [0.1, 0.15) is 18.0 Å². The van der Waals surface area contributed by atoms with Crippen LogP contribution in [-0.2, 0) is 11.3 Å². The number of piperazine rings is 1. The smallest absolute Gasteiger partial charge is 0.260 e. The number of pyridine rings is 1. The average Bonchev–Trinajstić information content (AvgIpc) is 2.68. The summed E-state index contributed by atoms with van der Waals surface area (Å²) in [5.74, 6) is 1.50. The van der Waals surface area contributed by atoms with Crippen LogP contribution in [0.15, 0.2) is 48.8 Å². The number of aromatic amines is 1. The second-order valence-electron chi connectivity index (χ2n) is 6.18. The van der Waals surface area contributed by atoms with Gasteiger partial charge in [0.2, 0.25) is 0 Å². The fourth-order valence-electron chi connectivity index (χ4n) is 2.99. The summed E-state index contributed by atoms with van der Waals surface area (Å²) in [6, 6.07) is 11.4. The first-order valence-corrected chi connectivity index (χ1v) is 8.58. The Morgan fingerprint density at radius 3 is 2.52 bits per heavy atom. The molecule has 6 nitrogen and oxygen atoms in total. The van der Waals surface area contributed by atoms with E-state index < -0.39 is 0 Å². The second-order valence-corrected chi connectivity index (χ2v) is 6.18. The van der Waals surface area contributed by atoms with Crippen LogP contribution in [0, 0.1) is 0 Å². The normalized spacial score (nSPS) is 15.0. The molecule has 0 unspecified atom stereocenters. The molecule has 2 heterocycles. The number of hydrogen-bond acceptors (Lipinski definition) is 3. The van der Waals surface area contributed by atoms with Crippen LogP contribution in [0.25, 0.3) is 0 Å². The van der Waals surface area contributed by atoms with E-state index in [0.29, 0.717) is 5.75 Å². The number of carbonyl (C=O) groups excluding carboxylic acids is 1. The van der Waals surface area contributed by atoms with E-state index in [0.717, 1.165) is 38.5 Å². The molecule has 1 aliphatic rings. The number of H-pyrrole nitrogens is 1. The quantitative estimate of drug-likeness (QED) is 0.791. The number of quaternary nitrogens is 1. The third-order valence-electron chi connectivity index (χ3n) is 4.47. The summed E-state index contributed by atoms with van der Waals surface area (Å²) in [6.45, 7) is 4.54. The van der Waals surface area contributed by atoms with Gasteiger partial charge in [0.25, 0.3) is 5.91 Å². The molecule has 0 saturated carbocycles. The predicted molar refractivity (Wildman–Crippen MR) is 92.5 cm³/mol. The Kier molecular flexibility index (Phi) is 5.85. The number of ether oxygens (including phenoxy) is 2. The van der Waals surface area contributed by atoms with Crippen molar-refractivity contribution in [2.24, 2.45) is 0 Å². The number of carbonyl (C=O) groups is 1. The molecule has 25 heavy (non-hydrogen) atoms. The van der Waals surface area contributed by atoms with E-state index in [1.165, 1.54) is 10.5 Å². The van der Waals surface area contributed by atoms with Gasteiger partial charge in [-0.1, -0.05) is 0 Å². The van der Waals surface area contributed by atoms with Crippen LogP contribution in [0.4, 0.5) is 0 Å². The summed E-state index contributed by atoms with van der Waals surface area (Å²) in [5, 5.41) is 0. The number of nitrogens with one attached hydrogen (secondary N) is 2. The number of rotatable bonds is 6. The number of hydrogen-bond donors (Lipinski definition) is 1. The molecule has 2 aromatic rings. The van der Waals surface area contributed by atoms with Gasteiger partial charge in [0, 0.05) is 6.07 Å². The Labute approximate surface area is 148 Å². The molecule has 0 atom stereocenters. The molecule has 1 saturated heterocycles. The Bertz CT molecular complexity index is 668. The lowest BCUT2D eigenvalue weighted by molar-refractivity contribution is -0.917. The van der Waals surface area contributed by atoms with Gasteiger partial charge < -0.3 is 19.3 Å². The van der Waals surface area contributed by atoms with Crippen molar-refractivity contribution in [3.8, 4) is 11.5 Å². The first kappa shape index (κ1) is 17.2. The summed E-state index contributed by atoms with van der Waals surface area (Å²) in [4.78, 5) is 18.8. The summed E-state index contributed by atoms with van der Waals surface area (Å²) in [6.07, 6.45) is 3.95. The van der Waals surface area contributed by atoms with Crippen LogP contribution < -0.4 is 19.4 Å². The van der Waals surface area contributed by atoms with E-state index in [4.69, 9.17) is 9.47 Å². The summed E-state index contributed by atoms with van der Waals surface area (Å²) >= 11 is 0. The molecular formula is C19H25N3O3+2. The van der Waals surface area contributed by atoms with Gasteiger partial charge in [-0.15, -0.1) is 0 Å². The molecule has 3 rings (SSSR count). The molecule has 1 aliphatic heterocycles. The largest absolute Gasteiger partial charge is 0.497 e. The van der Waals surface area contributed by atoms with E-state index in [-0.39, 0.29) is 12.5 Å². The maximum Gasteiger partial charge on any atom is 0.260 e. The minimum atomic E-state index is 0.0444. The maximum atomic E-state index is 12.3. The number of benzene rings is 1. The van der Waals surface area contributed by atoms with Crippen LogP contribution in [0.5, 0.6) is 11.5 Å². The molecule has 2 N–H and O–H groups in total. The van der Waals surface area contributed by atoms with Crippen molar-refractivity contribution in [2.45, 2.75) is 6.54 Å². The van der Waals surface area contributed by atoms with E-state index >= 15 is 0 Å². The zero-order chi connectivity index (χ0) is 17.5. The fraction of sp³-hybridized carbons (Fsp3) is 0.368. The van der Waals surface area contributed by atoms with Crippen LogP contribution >= 0.6 is 0 Å². The molecule has 0 bridgehead atoms. The van der Waals surface area contributed by atoms with Crippen LogP contribution in [0.1, 0.15) is 5.56 Å². The summed E-state index contributed by atoms with van der Waals surface area (Å²) < 4.78 is 10.7. The summed E-state index contributed by atoms with van der Waals surface area (Å²) in [7, 11) is 1.62. The highest BCUT2D eigenvalue weighted by molar-refractivity contribution is 5.77. The molecule has 1 aromatic carbocycles. The highest BCUT2D eigenvalue weighted by atomic mass is 16.5.